The summed E-state index contributed by atoms with van der Waals surface area (Å²) in [6.45, 7) is 3.62. The molecule has 0 aliphatic carbocycles. The molecule has 1 atom stereocenters. The van der Waals surface area contributed by atoms with Crippen molar-refractivity contribution in [3.8, 4) is 0 Å². The molecule has 1 aliphatic rings. The molecule has 17 heavy (non-hydrogen) atoms. The van der Waals surface area contributed by atoms with Crippen LogP contribution in [0.5, 0.6) is 0 Å². The highest BCUT2D eigenvalue weighted by atomic mass is 32.2. The zero-order valence-electron chi connectivity index (χ0n) is 9.82. The van der Waals surface area contributed by atoms with Crippen molar-refractivity contribution in [3.05, 3.63) is 18.2 Å². The van der Waals surface area contributed by atoms with Crippen molar-refractivity contribution in [1.82, 2.24) is 0 Å². The summed E-state index contributed by atoms with van der Waals surface area (Å²) in [7, 11) is 0. The van der Waals surface area contributed by atoms with E-state index in [1.807, 2.05) is 18.2 Å². The Morgan fingerprint density at radius 1 is 1.59 bits per heavy atom. The minimum atomic E-state index is 0.0648. The first-order valence-electron chi connectivity index (χ1n) is 5.69. The molecule has 4 nitrogen and oxygen atoms in total. The molecule has 0 bridgehead atoms. The Morgan fingerprint density at radius 3 is 3.18 bits per heavy atom. The van der Waals surface area contributed by atoms with E-state index in [0.29, 0.717) is 18.2 Å². The van der Waals surface area contributed by atoms with E-state index < -0.39 is 0 Å². The third kappa shape index (κ3) is 3.14. The van der Waals surface area contributed by atoms with Crippen LogP contribution in [0.15, 0.2) is 23.1 Å². The Hall–Kier alpha value is -1.20. The molecule has 0 saturated carbocycles. The number of carbonyl (C=O) groups excluding carboxylic acids is 1. The van der Waals surface area contributed by atoms with Gasteiger partial charge in [-0.15, -0.1) is 11.8 Å². The molecule has 1 unspecified atom stereocenters. The van der Waals surface area contributed by atoms with Crippen molar-refractivity contribution < 1.29 is 4.79 Å². The standard InChI is InChI=1S/C12H17N3OS/c1-8(5-13)6-14-9-2-3-11-10(4-9)15-12(16)7-17-11/h2-4,8,14H,5-7,13H2,1H3,(H,15,16). The Balaban J connectivity index is 2.05. The van der Waals surface area contributed by atoms with Gasteiger partial charge in [0, 0.05) is 17.1 Å². The number of rotatable bonds is 4. The third-order valence-corrected chi connectivity index (χ3v) is 3.74. The van der Waals surface area contributed by atoms with Crippen molar-refractivity contribution in [3.63, 3.8) is 0 Å². The van der Waals surface area contributed by atoms with E-state index in [0.717, 1.165) is 22.8 Å². The summed E-state index contributed by atoms with van der Waals surface area (Å²) in [4.78, 5) is 12.4. The second-order valence-electron chi connectivity index (χ2n) is 4.27. The Morgan fingerprint density at radius 2 is 2.41 bits per heavy atom. The maximum absolute atomic E-state index is 11.3. The van der Waals surface area contributed by atoms with E-state index in [-0.39, 0.29) is 5.91 Å². The molecule has 2 rings (SSSR count). The molecule has 92 valence electrons. The molecule has 4 N–H and O–H groups in total. The number of hydrogen-bond donors (Lipinski definition) is 3. The Labute approximate surface area is 105 Å². The third-order valence-electron chi connectivity index (χ3n) is 2.67. The quantitative estimate of drug-likeness (QED) is 0.762. The molecule has 5 heteroatoms. The van der Waals surface area contributed by atoms with E-state index in [1.165, 1.54) is 0 Å². The van der Waals surface area contributed by atoms with Gasteiger partial charge in [-0.2, -0.15) is 0 Å². The van der Waals surface area contributed by atoms with Crippen molar-refractivity contribution >= 4 is 29.0 Å². The first-order chi connectivity index (χ1) is 8.19. The Bertz CT molecular complexity index is 422. The number of fused-ring (bicyclic) bond motifs is 1. The zero-order valence-corrected chi connectivity index (χ0v) is 10.6. The maximum Gasteiger partial charge on any atom is 0.234 e. The van der Waals surface area contributed by atoms with Gasteiger partial charge in [-0.05, 0) is 30.7 Å². The second-order valence-corrected chi connectivity index (χ2v) is 5.29. The molecular weight excluding hydrogens is 234 g/mol. The number of nitrogens with one attached hydrogen (secondary N) is 2. The number of carbonyl (C=O) groups is 1. The van der Waals surface area contributed by atoms with Crippen molar-refractivity contribution in [2.24, 2.45) is 11.7 Å². The lowest BCUT2D eigenvalue weighted by atomic mass is 10.2. The molecule has 1 aliphatic heterocycles. The summed E-state index contributed by atoms with van der Waals surface area (Å²) in [5.74, 6) is 1.01. The van der Waals surface area contributed by atoms with Gasteiger partial charge < -0.3 is 16.4 Å². The van der Waals surface area contributed by atoms with Crippen LogP contribution in [0.25, 0.3) is 0 Å². The number of benzene rings is 1. The maximum atomic E-state index is 11.3. The summed E-state index contributed by atoms with van der Waals surface area (Å²) >= 11 is 1.57. The fourth-order valence-corrected chi connectivity index (χ4v) is 2.36. The fourth-order valence-electron chi connectivity index (χ4n) is 1.57. The minimum Gasteiger partial charge on any atom is -0.385 e. The lowest BCUT2D eigenvalue weighted by molar-refractivity contribution is -0.113. The number of nitrogens with two attached hydrogens (primary N) is 1. The van der Waals surface area contributed by atoms with E-state index in [9.17, 15) is 4.79 Å². The number of hydrogen-bond acceptors (Lipinski definition) is 4. The zero-order chi connectivity index (χ0) is 12.3. The highest BCUT2D eigenvalue weighted by Gasteiger charge is 2.15. The summed E-state index contributed by atoms with van der Waals surface area (Å²) in [6.07, 6.45) is 0. The van der Waals surface area contributed by atoms with Gasteiger partial charge in [0.05, 0.1) is 11.4 Å². The van der Waals surface area contributed by atoms with Crippen LogP contribution in [-0.4, -0.2) is 24.7 Å². The van der Waals surface area contributed by atoms with Gasteiger partial charge in [-0.1, -0.05) is 6.92 Å². The van der Waals surface area contributed by atoms with Crippen LogP contribution < -0.4 is 16.4 Å². The molecule has 0 aromatic heterocycles. The average molecular weight is 251 g/mol. The topological polar surface area (TPSA) is 67.2 Å². The number of amides is 1. The molecule has 0 fully saturated rings. The summed E-state index contributed by atoms with van der Waals surface area (Å²) < 4.78 is 0. The molecule has 0 spiro atoms. The second kappa shape index (κ2) is 5.42. The van der Waals surface area contributed by atoms with Gasteiger partial charge in [0.2, 0.25) is 5.91 Å². The van der Waals surface area contributed by atoms with Crippen LogP contribution in [-0.2, 0) is 4.79 Å². The van der Waals surface area contributed by atoms with Crippen molar-refractivity contribution in [2.45, 2.75) is 11.8 Å². The van der Waals surface area contributed by atoms with Crippen LogP contribution in [0, 0.1) is 5.92 Å². The largest absolute Gasteiger partial charge is 0.385 e. The van der Waals surface area contributed by atoms with Gasteiger partial charge in [0.25, 0.3) is 0 Å². The van der Waals surface area contributed by atoms with Gasteiger partial charge >= 0.3 is 0 Å². The number of thioether (sulfide) groups is 1. The summed E-state index contributed by atoms with van der Waals surface area (Å²) in [5.41, 5.74) is 7.48. The molecule has 1 heterocycles. The van der Waals surface area contributed by atoms with E-state index >= 15 is 0 Å². The molecular formula is C12H17N3OS. The predicted octanol–water partition coefficient (Wildman–Crippen LogP) is 1.74. The van der Waals surface area contributed by atoms with Crippen LogP contribution in [0.2, 0.25) is 0 Å². The monoisotopic (exact) mass is 251 g/mol. The first-order valence-corrected chi connectivity index (χ1v) is 6.68. The van der Waals surface area contributed by atoms with Crippen molar-refractivity contribution in [1.29, 1.82) is 0 Å². The van der Waals surface area contributed by atoms with E-state index in [4.69, 9.17) is 5.73 Å². The normalized spacial score (nSPS) is 16.0. The van der Waals surface area contributed by atoms with Crippen LogP contribution in [0.4, 0.5) is 11.4 Å². The smallest absolute Gasteiger partial charge is 0.234 e. The highest BCUT2D eigenvalue weighted by Crippen LogP contribution is 2.33. The average Bonchev–Trinajstić information content (AvgIpc) is 2.35. The van der Waals surface area contributed by atoms with Crippen LogP contribution in [0.1, 0.15) is 6.92 Å². The van der Waals surface area contributed by atoms with Gasteiger partial charge in [0.15, 0.2) is 0 Å². The molecule has 1 amide bonds. The molecule has 1 aromatic rings. The molecule has 1 aromatic carbocycles. The van der Waals surface area contributed by atoms with E-state index in [1.54, 1.807) is 11.8 Å². The molecule has 0 saturated heterocycles. The van der Waals surface area contributed by atoms with Gasteiger partial charge in [-0.25, -0.2) is 0 Å². The summed E-state index contributed by atoms with van der Waals surface area (Å²) in [5, 5.41) is 6.20. The van der Waals surface area contributed by atoms with Crippen molar-refractivity contribution in [2.75, 3.05) is 29.5 Å². The summed E-state index contributed by atoms with van der Waals surface area (Å²) in [6, 6.07) is 6.05. The van der Waals surface area contributed by atoms with Gasteiger partial charge in [-0.3, -0.25) is 4.79 Å². The van der Waals surface area contributed by atoms with E-state index in [2.05, 4.69) is 17.6 Å². The Kier molecular flexibility index (Phi) is 3.91. The first kappa shape index (κ1) is 12.3. The lowest BCUT2D eigenvalue weighted by Gasteiger charge is -2.18. The SMILES string of the molecule is CC(CN)CNc1ccc2c(c1)NC(=O)CS2. The lowest BCUT2D eigenvalue weighted by Crippen LogP contribution is -2.21. The van der Waals surface area contributed by atoms with Crippen LogP contribution >= 0.6 is 11.8 Å². The molecule has 0 radical (unpaired) electrons. The minimum absolute atomic E-state index is 0.0648. The number of anilines is 2. The predicted molar refractivity (Wildman–Crippen MR) is 72.5 cm³/mol. The highest BCUT2D eigenvalue weighted by molar-refractivity contribution is 8.00. The van der Waals surface area contributed by atoms with Crippen LogP contribution in [0.3, 0.4) is 0 Å². The van der Waals surface area contributed by atoms with Gasteiger partial charge in [0.1, 0.15) is 0 Å². The fraction of sp³-hybridized carbons (Fsp3) is 0.417.